The fraction of sp³-hybridized carbons (Fsp3) is 0.0714. The normalized spacial score (nSPS) is 10.3. The first-order valence-electron chi connectivity index (χ1n) is 5.89. The molecule has 0 saturated carbocycles. The Bertz CT molecular complexity index is 663. The van der Waals surface area contributed by atoms with E-state index in [1.807, 2.05) is 0 Å². The van der Waals surface area contributed by atoms with Crippen molar-refractivity contribution in [3.05, 3.63) is 57.0 Å². The molecule has 0 aliphatic heterocycles. The summed E-state index contributed by atoms with van der Waals surface area (Å²) >= 11 is 6.17. The molecule has 1 amide bonds. The van der Waals surface area contributed by atoms with Crippen molar-refractivity contribution in [2.45, 2.75) is 0 Å². The van der Waals surface area contributed by atoms with Crippen LogP contribution in [0.4, 0.5) is 20.2 Å². The second-order valence-electron chi connectivity index (χ2n) is 4.15. The van der Waals surface area contributed by atoms with Crippen LogP contribution in [0.2, 0.25) is 0 Å². The van der Waals surface area contributed by atoms with Crippen molar-refractivity contribution in [3.63, 3.8) is 0 Å². The maximum Gasteiger partial charge on any atom is 0.243 e. The Morgan fingerprint density at radius 2 is 1.71 bits per heavy atom. The summed E-state index contributed by atoms with van der Waals surface area (Å²) in [6.07, 6.45) is 0. The Balaban J connectivity index is 1.95. The molecular weight excluding hydrogens is 410 g/mol. The highest BCUT2D eigenvalue weighted by atomic mass is 79.9. The van der Waals surface area contributed by atoms with E-state index in [1.54, 1.807) is 24.3 Å². The summed E-state index contributed by atoms with van der Waals surface area (Å²) in [4.78, 5) is 11.7. The van der Waals surface area contributed by atoms with E-state index in [4.69, 9.17) is 0 Å². The van der Waals surface area contributed by atoms with Crippen molar-refractivity contribution < 1.29 is 13.6 Å². The van der Waals surface area contributed by atoms with Crippen LogP contribution in [0.3, 0.4) is 0 Å². The first-order valence-corrected chi connectivity index (χ1v) is 7.48. The van der Waals surface area contributed by atoms with E-state index >= 15 is 0 Å². The number of carbonyl (C=O) groups excluding carboxylic acids is 1. The standard InChI is InChI=1S/C14H10Br2F2N2O/c15-8-1-3-9(4-2-8)20-14(21)7-19-13-6-11(17)10(16)5-12(13)18/h1-6,19H,7H2,(H,20,21). The molecule has 0 unspecified atom stereocenters. The van der Waals surface area contributed by atoms with Gasteiger partial charge in [-0.2, -0.15) is 0 Å². The van der Waals surface area contributed by atoms with Crippen molar-refractivity contribution in [2.24, 2.45) is 0 Å². The maximum absolute atomic E-state index is 13.6. The molecule has 3 nitrogen and oxygen atoms in total. The third-order valence-electron chi connectivity index (χ3n) is 2.58. The lowest BCUT2D eigenvalue weighted by atomic mass is 10.3. The summed E-state index contributed by atoms with van der Waals surface area (Å²) in [5.41, 5.74) is 0.550. The van der Waals surface area contributed by atoms with Crippen molar-refractivity contribution in [2.75, 3.05) is 17.2 Å². The molecule has 7 heteroatoms. The molecule has 21 heavy (non-hydrogen) atoms. The minimum absolute atomic E-state index is 0.0323. The van der Waals surface area contributed by atoms with Gasteiger partial charge in [-0.3, -0.25) is 4.79 Å². The second-order valence-corrected chi connectivity index (χ2v) is 5.92. The van der Waals surface area contributed by atoms with Crippen molar-refractivity contribution in [3.8, 4) is 0 Å². The van der Waals surface area contributed by atoms with E-state index in [9.17, 15) is 13.6 Å². The van der Waals surface area contributed by atoms with Crippen LogP contribution in [0.25, 0.3) is 0 Å². The van der Waals surface area contributed by atoms with Gasteiger partial charge in [-0.1, -0.05) is 15.9 Å². The van der Waals surface area contributed by atoms with Gasteiger partial charge in [0.25, 0.3) is 0 Å². The maximum atomic E-state index is 13.6. The molecule has 2 aromatic rings. The fourth-order valence-corrected chi connectivity index (χ4v) is 2.15. The highest BCUT2D eigenvalue weighted by molar-refractivity contribution is 9.10. The van der Waals surface area contributed by atoms with Gasteiger partial charge in [-0.25, -0.2) is 8.78 Å². The quantitative estimate of drug-likeness (QED) is 0.714. The average Bonchev–Trinajstić information content (AvgIpc) is 2.44. The number of amides is 1. The Labute approximate surface area is 137 Å². The molecule has 2 aromatic carbocycles. The van der Waals surface area contributed by atoms with Crippen molar-refractivity contribution >= 4 is 49.1 Å². The first-order chi connectivity index (χ1) is 9.95. The van der Waals surface area contributed by atoms with Crippen molar-refractivity contribution in [1.29, 1.82) is 0 Å². The number of halogens is 4. The fourth-order valence-electron chi connectivity index (χ4n) is 1.57. The molecule has 2 N–H and O–H groups in total. The highest BCUT2D eigenvalue weighted by Crippen LogP contribution is 2.23. The summed E-state index contributed by atoms with van der Waals surface area (Å²) in [6, 6.07) is 9.01. The Morgan fingerprint density at radius 1 is 1.05 bits per heavy atom. The Kier molecular flexibility index (Phi) is 5.30. The van der Waals surface area contributed by atoms with Gasteiger partial charge in [0.15, 0.2) is 0 Å². The minimum atomic E-state index is -0.639. The van der Waals surface area contributed by atoms with E-state index in [-0.39, 0.29) is 22.6 Å². The SMILES string of the molecule is O=C(CNc1cc(F)c(Br)cc1F)Nc1ccc(Br)cc1. The molecule has 0 atom stereocenters. The van der Waals surface area contributed by atoms with E-state index in [0.717, 1.165) is 16.6 Å². The summed E-state index contributed by atoms with van der Waals surface area (Å²) < 4.78 is 27.8. The Morgan fingerprint density at radius 3 is 2.38 bits per heavy atom. The lowest BCUT2D eigenvalue weighted by Crippen LogP contribution is -2.22. The molecular formula is C14H10Br2F2N2O. The first kappa shape index (κ1) is 15.9. The molecule has 0 saturated heterocycles. The summed E-state index contributed by atoms with van der Waals surface area (Å²) in [6.45, 7) is -0.173. The molecule has 110 valence electrons. The van der Waals surface area contributed by atoms with Gasteiger partial charge in [0.05, 0.1) is 16.7 Å². The van der Waals surface area contributed by atoms with Crippen LogP contribution in [0.5, 0.6) is 0 Å². The number of carbonyl (C=O) groups is 1. The molecule has 0 aromatic heterocycles. The lowest BCUT2D eigenvalue weighted by molar-refractivity contribution is -0.114. The third-order valence-corrected chi connectivity index (χ3v) is 3.71. The van der Waals surface area contributed by atoms with Gasteiger partial charge >= 0.3 is 0 Å². The van der Waals surface area contributed by atoms with Gasteiger partial charge in [0, 0.05) is 16.2 Å². The van der Waals surface area contributed by atoms with E-state index in [0.29, 0.717) is 5.69 Å². The van der Waals surface area contributed by atoms with Gasteiger partial charge < -0.3 is 10.6 Å². The van der Waals surface area contributed by atoms with Crippen LogP contribution in [0.15, 0.2) is 45.3 Å². The summed E-state index contributed by atoms with van der Waals surface area (Å²) in [5, 5.41) is 5.19. The number of benzene rings is 2. The highest BCUT2D eigenvalue weighted by Gasteiger charge is 2.09. The van der Waals surface area contributed by atoms with Crippen LogP contribution < -0.4 is 10.6 Å². The number of nitrogens with one attached hydrogen (secondary N) is 2. The molecule has 0 aliphatic rings. The monoisotopic (exact) mass is 418 g/mol. The summed E-state index contributed by atoms with van der Waals surface area (Å²) in [5.74, 6) is -1.60. The number of hydrogen-bond acceptors (Lipinski definition) is 2. The molecule has 2 rings (SSSR count). The zero-order valence-corrected chi connectivity index (χ0v) is 13.8. The molecule has 0 heterocycles. The van der Waals surface area contributed by atoms with Crippen LogP contribution >= 0.6 is 31.9 Å². The Hall–Kier alpha value is -1.47. The topological polar surface area (TPSA) is 41.1 Å². The van der Waals surface area contributed by atoms with Gasteiger partial charge in [0.2, 0.25) is 5.91 Å². The average molecular weight is 420 g/mol. The molecule has 0 spiro atoms. The molecule has 0 aliphatic carbocycles. The number of anilines is 2. The van der Waals surface area contributed by atoms with E-state index in [1.165, 1.54) is 0 Å². The minimum Gasteiger partial charge on any atom is -0.374 e. The lowest BCUT2D eigenvalue weighted by Gasteiger charge is -2.09. The molecule has 0 fully saturated rings. The van der Waals surface area contributed by atoms with E-state index < -0.39 is 11.6 Å². The second kappa shape index (κ2) is 7.00. The van der Waals surface area contributed by atoms with Gasteiger partial charge in [-0.15, -0.1) is 0 Å². The van der Waals surface area contributed by atoms with Crippen LogP contribution in [-0.2, 0) is 4.79 Å². The smallest absolute Gasteiger partial charge is 0.243 e. The molecule has 0 radical (unpaired) electrons. The molecule has 0 bridgehead atoms. The van der Waals surface area contributed by atoms with Crippen molar-refractivity contribution in [1.82, 2.24) is 0 Å². The van der Waals surface area contributed by atoms with Crippen LogP contribution in [0, 0.1) is 11.6 Å². The zero-order chi connectivity index (χ0) is 15.4. The number of rotatable bonds is 4. The largest absolute Gasteiger partial charge is 0.374 e. The zero-order valence-electron chi connectivity index (χ0n) is 10.6. The number of hydrogen-bond donors (Lipinski definition) is 2. The van der Waals surface area contributed by atoms with Crippen LogP contribution in [-0.4, -0.2) is 12.5 Å². The van der Waals surface area contributed by atoms with E-state index in [2.05, 4.69) is 42.5 Å². The van der Waals surface area contributed by atoms with Crippen LogP contribution in [0.1, 0.15) is 0 Å². The summed E-state index contributed by atoms with van der Waals surface area (Å²) in [7, 11) is 0. The van der Waals surface area contributed by atoms with Gasteiger partial charge in [0.1, 0.15) is 11.6 Å². The third kappa shape index (κ3) is 4.50. The predicted molar refractivity (Wildman–Crippen MR) is 85.3 cm³/mol. The van der Waals surface area contributed by atoms with Gasteiger partial charge in [-0.05, 0) is 46.3 Å². The predicted octanol–water partition coefficient (Wildman–Crippen LogP) is 4.54.